The van der Waals surface area contributed by atoms with Crippen molar-refractivity contribution in [2.24, 2.45) is 0 Å². The number of H-pyrrole nitrogens is 1. The fraction of sp³-hybridized carbons (Fsp3) is 0.125. The lowest BCUT2D eigenvalue weighted by Crippen LogP contribution is -1.98. The highest BCUT2D eigenvalue weighted by Gasteiger charge is 2.10. The molecule has 31 heavy (non-hydrogen) atoms. The molecule has 2 N–H and O–H groups in total. The van der Waals surface area contributed by atoms with Crippen LogP contribution < -0.4 is 10.1 Å². The number of aromatic nitrogens is 5. The van der Waals surface area contributed by atoms with E-state index in [4.69, 9.17) is 4.74 Å². The van der Waals surface area contributed by atoms with E-state index in [9.17, 15) is 0 Å². The molecular weight excluding hydrogens is 388 g/mol. The molecule has 3 heterocycles. The number of benzene rings is 2. The Balaban J connectivity index is 1.39. The van der Waals surface area contributed by atoms with Crippen LogP contribution in [0.3, 0.4) is 0 Å². The number of nitrogens with zero attached hydrogens (tertiary/aromatic N) is 4. The van der Waals surface area contributed by atoms with Gasteiger partial charge in [-0.05, 0) is 24.6 Å². The van der Waals surface area contributed by atoms with Crippen LogP contribution in [0.5, 0.6) is 5.75 Å². The van der Waals surface area contributed by atoms with Crippen molar-refractivity contribution in [3.63, 3.8) is 0 Å². The molecule has 0 aliphatic heterocycles. The summed E-state index contributed by atoms with van der Waals surface area (Å²) in [6.45, 7) is 1.96. The number of fused-ring (bicyclic) bond motifs is 1. The summed E-state index contributed by atoms with van der Waals surface area (Å²) < 4.78 is 7.54. The summed E-state index contributed by atoms with van der Waals surface area (Å²) in [5.41, 5.74) is 5.92. The first-order valence-corrected chi connectivity index (χ1v) is 10.0. The minimum Gasteiger partial charge on any atom is -0.494 e. The van der Waals surface area contributed by atoms with E-state index in [2.05, 4.69) is 37.6 Å². The number of hydrogen-bond acceptors (Lipinski definition) is 5. The molecule has 5 aromatic rings. The first-order valence-electron chi connectivity index (χ1n) is 10.0. The van der Waals surface area contributed by atoms with Gasteiger partial charge in [-0.15, -0.1) is 0 Å². The van der Waals surface area contributed by atoms with Crippen molar-refractivity contribution < 1.29 is 4.74 Å². The predicted molar refractivity (Wildman–Crippen MR) is 121 cm³/mol. The number of pyridine rings is 1. The SMILES string of the molecule is COc1cc(Nc2cc3n[nH]c(Cc4ccccc4)c3cn2)ccc1-n1cnc(C)c1. The molecule has 0 amide bonds. The maximum absolute atomic E-state index is 5.59. The Labute approximate surface area is 179 Å². The van der Waals surface area contributed by atoms with Gasteiger partial charge in [-0.3, -0.25) is 5.10 Å². The third-order valence-electron chi connectivity index (χ3n) is 5.18. The van der Waals surface area contributed by atoms with Crippen molar-refractivity contribution in [2.75, 3.05) is 12.4 Å². The summed E-state index contributed by atoms with van der Waals surface area (Å²) in [6.07, 6.45) is 6.39. The van der Waals surface area contributed by atoms with E-state index in [1.54, 1.807) is 13.4 Å². The molecule has 0 aliphatic carbocycles. The summed E-state index contributed by atoms with van der Waals surface area (Å²) in [6, 6.07) is 18.2. The second-order valence-corrected chi connectivity index (χ2v) is 7.39. The molecule has 3 aromatic heterocycles. The molecule has 0 saturated heterocycles. The first kappa shape index (κ1) is 18.9. The van der Waals surface area contributed by atoms with Gasteiger partial charge in [0.15, 0.2) is 0 Å². The van der Waals surface area contributed by atoms with Crippen LogP contribution in [-0.2, 0) is 6.42 Å². The average molecular weight is 410 g/mol. The molecule has 0 radical (unpaired) electrons. The number of hydrogen-bond donors (Lipinski definition) is 2. The smallest absolute Gasteiger partial charge is 0.144 e. The van der Waals surface area contributed by atoms with Crippen LogP contribution in [0.4, 0.5) is 11.5 Å². The molecule has 7 heteroatoms. The van der Waals surface area contributed by atoms with Crippen LogP contribution in [-0.4, -0.2) is 31.8 Å². The molecule has 7 nitrogen and oxygen atoms in total. The van der Waals surface area contributed by atoms with Crippen molar-refractivity contribution in [3.05, 3.63) is 90.3 Å². The molecule has 0 bridgehead atoms. The van der Waals surface area contributed by atoms with Crippen molar-refractivity contribution >= 4 is 22.4 Å². The van der Waals surface area contributed by atoms with Gasteiger partial charge in [0.2, 0.25) is 0 Å². The fourth-order valence-electron chi connectivity index (χ4n) is 3.63. The van der Waals surface area contributed by atoms with Crippen molar-refractivity contribution in [2.45, 2.75) is 13.3 Å². The van der Waals surface area contributed by atoms with Gasteiger partial charge < -0.3 is 14.6 Å². The lowest BCUT2D eigenvalue weighted by atomic mass is 10.1. The monoisotopic (exact) mass is 410 g/mol. The number of nitrogens with one attached hydrogen (secondary N) is 2. The largest absolute Gasteiger partial charge is 0.494 e. The quantitative estimate of drug-likeness (QED) is 0.420. The minimum atomic E-state index is 0.721. The van der Waals surface area contributed by atoms with Gasteiger partial charge in [0.25, 0.3) is 0 Å². The standard InChI is InChI=1S/C24H22N6O/c1-16-14-30(15-26-16)22-9-8-18(11-23(22)31-2)27-24-12-21-19(13-25-24)20(28-29-21)10-17-6-4-3-5-7-17/h3-9,11-15H,10H2,1-2H3,(H,25,27)(H,28,29). The van der Waals surface area contributed by atoms with E-state index < -0.39 is 0 Å². The summed E-state index contributed by atoms with van der Waals surface area (Å²) in [5.74, 6) is 1.46. The number of aromatic amines is 1. The normalized spacial score (nSPS) is 11.0. The van der Waals surface area contributed by atoms with Crippen LogP contribution in [0.1, 0.15) is 17.0 Å². The van der Waals surface area contributed by atoms with Crippen molar-refractivity contribution in [3.8, 4) is 11.4 Å². The molecule has 5 rings (SSSR count). The van der Waals surface area contributed by atoms with E-state index in [1.165, 1.54) is 5.56 Å². The summed E-state index contributed by atoms with van der Waals surface area (Å²) in [7, 11) is 1.66. The molecule has 0 unspecified atom stereocenters. The van der Waals surface area contributed by atoms with Crippen molar-refractivity contribution in [1.82, 2.24) is 24.7 Å². The highest BCUT2D eigenvalue weighted by molar-refractivity contribution is 5.83. The number of aryl methyl sites for hydroxylation is 1. The number of rotatable bonds is 6. The first-order chi connectivity index (χ1) is 15.2. The van der Waals surface area contributed by atoms with Gasteiger partial charge in [0.1, 0.15) is 11.6 Å². The van der Waals surface area contributed by atoms with Crippen molar-refractivity contribution in [1.29, 1.82) is 0 Å². The van der Waals surface area contributed by atoms with E-state index in [0.717, 1.165) is 51.7 Å². The highest BCUT2D eigenvalue weighted by atomic mass is 16.5. The molecule has 154 valence electrons. The van der Waals surface area contributed by atoms with Gasteiger partial charge in [0.05, 0.1) is 30.3 Å². The lowest BCUT2D eigenvalue weighted by molar-refractivity contribution is 0.413. The third kappa shape index (κ3) is 3.85. The molecule has 0 atom stereocenters. The lowest BCUT2D eigenvalue weighted by Gasteiger charge is -2.12. The van der Waals surface area contributed by atoms with Crippen LogP contribution in [0, 0.1) is 6.92 Å². The summed E-state index contributed by atoms with van der Waals surface area (Å²) in [5, 5.41) is 12.0. The fourth-order valence-corrected chi connectivity index (χ4v) is 3.63. The predicted octanol–water partition coefficient (Wildman–Crippen LogP) is 4.80. The number of imidazole rings is 1. The van der Waals surface area contributed by atoms with Crippen LogP contribution in [0.25, 0.3) is 16.6 Å². The van der Waals surface area contributed by atoms with E-state index in [1.807, 2.05) is 66.3 Å². The van der Waals surface area contributed by atoms with Crippen LogP contribution >= 0.6 is 0 Å². The maximum atomic E-state index is 5.59. The zero-order valence-corrected chi connectivity index (χ0v) is 17.3. The zero-order chi connectivity index (χ0) is 21.2. The number of methoxy groups -OCH3 is 1. The van der Waals surface area contributed by atoms with Gasteiger partial charge in [-0.2, -0.15) is 5.10 Å². The Hall–Kier alpha value is -4.13. The molecular formula is C24H22N6O. The molecule has 0 fully saturated rings. The zero-order valence-electron chi connectivity index (χ0n) is 17.3. The van der Waals surface area contributed by atoms with Crippen LogP contribution in [0.15, 0.2) is 73.3 Å². The second-order valence-electron chi connectivity index (χ2n) is 7.39. The van der Waals surface area contributed by atoms with E-state index in [0.29, 0.717) is 0 Å². The topological polar surface area (TPSA) is 80.6 Å². The number of anilines is 2. The Bertz CT molecular complexity index is 1340. The van der Waals surface area contributed by atoms with E-state index >= 15 is 0 Å². The Kier molecular flexibility index (Phi) is 4.84. The minimum absolute atomic E-state index is 0.721. The Morgan fingerprint density at radius 2 is 1.94 bits per heavy atom. The van der Waals surface area contributed by atoms with Gasteiger partial charge in [-0.25, -0.2) is 9.97 Å². The number of ether oxygens (including phenoxy) is 1. The molecule has 0 spiro atoms. The Morgan fingerprint density at radius 3 is 2.71 bits per heavy atom. The summed E-state index contributed by atoms with van der Waals surface area (Å²) >= 11 is 0. The molecule has 0 aliphatic rings. The Morgan fingerprint density at radius 1 is 1.06 bits per heavy atom. The highest BCUT2D eigenvalue weighted by Crippen LogP contribution is 2.29. The van der Waals surface area contributed by atoms with Gasteiger partial charge in [-0.1, -0.05) is 30.3 Å². The second kappa shape index (κ2) is 7.95. The average Bonchev–Trinajstić information content (AvgIpc) is 3.40. The molecule has 2 aromatic carbocycles. The third-order valence-corrected chi connectivity index (χ3v) is 5.18. The van der Waals surface area contributed by atoms with Crippen LogP contribution in [0.2, 0.25) is 0 Å². The maximum Gasteiger partial charge on any atom is 0.144 e. The summed E-state index contributed by atoms with van der Waals surface area (Å²) in [4.78, 5) is 8.88. The van der Waals surface area contributed by atoms with Gasteiger partial charge in [0, 0.05) is 47.7 Å². The van der Waals surface area contributed by atoms with Gasteiger partial charge >= 0.3 is 0 Å². The molecule has 0 saturated carbocycles. The van der Waals surface area contributed by atoms with E-state index in [-0.39, 0.29) is 0 Å².